The van der Waals surface area contributed by atoms with Crippen LogP contribution >= 0.6 is 0 Å². The summed E-state index contributed by atoms with van der Waals surface area (Å²) in [5, 5.41) is 10.9. The number of benzene rings is 1. The number of carbonyl (C=O) groups is 1. The zero-order chi connectivity index (χ0) is 23.9. The van der Waals surface area contributed by atoms with E-state index in [4.69, 9.17) is 0 Å². The van der Waals surface area contributed by atoms with Crippen LogP contribution in [0.4, 0.5) is 4.39 Å². The topological polar surface area (TPSA) is 71.3 Å². The Morgan fingerprint density at radius 2 is 1.76 bits per heavy atom. The molecule has 6 nitrogen and oxygen atoms in total. The van der Waals surface area contributed by atoms with Crippen LogP contribution in [0.2, 0.25) is 0 Å². The van der Waals surface area contributed by atoms with Gasteiger partial charge in [-0.2, -0.15) is 5.10 Å². The number of fused-ring (bicyclic) bond motifs is 4. The van der Waals surface area contributed by atoms with Gasteiger partial charge >= 0.3 is 0 Å². The maximum absolute atomic E-state index is 13.5. The molecule has 1 amide bonds. The van der Waals surface area contributed by atoms with Gasteiger partial charge in [-0.25, -0.2) is 13.9 Å². The van der Waals surface area contributed by atoms with Crippen LogP contribution < -0.4 is 10.6 Å². The van der Waals surface area contributed by atoms with Crippen molar-refractivity contribution in [3.05, 3.63) is 84.1 Å². The Morgan fingerprint density at radius 1 is 1.09 bits per heavy atom. The van der Waals surface area contributed by atoms with Gasteiger partial charge in [0.2, 0.25) is 0 Å². The molecule has 176 valence electrons. The number of nitrogens with one attached hydrogen (secondary N) is 2. The Hall–Kier alpha value is -3.48. The number of hydrogen-bond acceptors (Lipinski definition) is 4. The lowest BCUT2D eigenvalue weighted by molar-refractivity contribution is 0.0432. The second-order valence-electron chi connectivity index (χ2n) is 9.88. The molecule has 6 rings (SSSR count). The van der Waals surface area contributed by atoms with Gasteiger partial charge in [-0.05, 0) is 74.6 Å². The van der Waals surface area contributed by atoms with Gasteiger partial charge < -0.3 is 10.6 Å². The van der Waals surface area contributed by atoms with Gasteiger partial charge in [-0.1, -0.05) is 30.9 Å². The molecule has 3 aliphatic carbocycles. The van der Waals surface area contributed by atoms with E-state index in [1.165, 1.54) is 17.7 Å². The number of nitrogens with zero attached hydrogens (tertiary/aromatic N) is 3. The van der Waals surface area contributed by atoms with Crippen molar-refractivity contribution in [2.24, 2.45) is 5.41 Å². The Kier molecular flexibility index (Phi) is 5.50. The van der Waals surface area contributed by atoms with Crippen molar-refractivity contribution in [1.29, 1.82) is 0 Å². The number of halogens is 1. The summed E-state index contributed by atoms with van der Waals surface area (Å²) in [5.41, 5.74) is 4.45. The van der Waals surface area contributed by atoms with Gasteiger partial charge in [0.15, 0.2) is 5.65 Å². The summed E-state index contributed by atoms with van der Waals surface area (Å²) >= 11 is 0. The fourth-order valence-electron chi connectivity index (χ4n) is 5.45. The quantitative estimate of drug-likeness (QED) is 0.486. The molecule has 0 saturated heterocycles. The number of allylic oxidation sites excluding steroid dienone is 1. The maximum Gasteiger partial charge on any atom is 0.270 e. The van der Waals surface area contributed by atoms with Crippen molar-refractivity contribution >= 4 is 17.3 Å². The second kappa shape index (κ2) is 8.38. The molecule has 3 fully saturated rings. The lowest BCUT2D eigenvalue weighted by atomic mass is 9.55. The first kappa shape index (κ1) is 22.3. The third-order valence-electron chi connectivity index (χ3n) is 7.85. The van der Waals surface area contributed by atoms with Crippen molar-refractivity contribution in [3.63, 3.8) is 0 Å². The summed E-state index contributed by atoms with van der Waals surface area (Å²) < 4.78 is 14.7. The normalized spacial score (nSPS) is 23.6. The highest BCUT2D eigenvalue weighted by Gasteiger charge is 2.49. The van der Waals surface area contributed by atoms with Gasteiger partial charge in [0, 0.05) is 18.2 Å². The van der Waals surface area contributed by atoms with Crippen LogP contribution in [0.5, 0.6) is 0 Å². The molecular formula is C27H30FN5O. The number of carbonyl (C=O) groups excluding carboxylic acids is 1. The second-order valence-corrected chi connectivity index (χ2v) is 9.88. The van der Waals surface area contributed by atoms with Crippen LogP contribution in [0.3, 0.4) is 0 Å². The summed E-state index contributed by atoms with van der Waals surface area (Å²) in [6.07, 6.45) is 7.77. The standard InChI is InChI=1S/C27H30FN5O/c1-18(2)26-9-12-27(13-10-26,14-11-26)32-25(34)23-16-22(31-24-8-15-30-33(23)24)19(3)29-17-20-4-6-21(28)7-5-20/h4-8,15-16,29H,1,3,9-14,17H2,2H3,(H,32,34). The van der Waals surface area contributed by atoms with E-state index >= 15 is 0 Å². The van der Waals surface area contributed by atoms with E-state index in [2.05, 4.69) is 40.8 Å². The SMILES string of the molecule is C=C(NCc1ccc(F)cc1)c1cc(C(=O)NC23CCC(C(=C)C)(CC2)CC3)n2nccc2n1. The van der Waals surface area contributed by atoms with Crippen molar-refractivity contribution in [2.45, 2.75) is 57.5 Å². The van der Waals surface area contributed by atoms with Crippen LogP contribution in [0.15, 0.2) is 61.3 Å². The maximum atomic E-state index is 13.5. The van der Waals surface area contributed by atoms with Gasteiger partial charge in [0.05, 0.1) is 17.6 Å². The van der Waals surface area contributed by atoms with E-state index in [9.17, 15) is 9.18 Å². The highest BCUT2D eigenvalue weighted by atomic mass is 19.1. The first-order valence-corrected chi connectivity index (χ1v) is 11.8. The zero-order valence-corrected chi connectivity index (χ0v) is 19.5. The summed E-state index contributed by atoms with van der Waals surface area (Å²) in [5.74, 6) is -0.416. The molecule has 0 atom stereocenters. The number of amides is 1. The van der Waals surface area contributed by atoms with Crippen LogP contribution in [-0.4, -0.2) is 26.0 Å². The summed E-state index contributed by atoms with van der Waals surface area (Å²) in [6.45, 7) is 11.0. The minimum atomic E-state index is -0.271. The molecule has 3 saturated carbocycles. The highest BCUT2D eigenvalue weighted by Crippen LogP contribution is 2.55. The third-order valence-corrected chi connectivity index (χ3v) is 7.85. The smallest absolute Gasteiger partial charge is 0.270 e. The van der Waals surface area contributed by atoms with E-state index in [-0.39, 0.29) is 22.7 Å². The molecule has 3 aromatic rings. The Morgan fingerprint density at radius 3 is 2.41 bits per heavy atom. The minimum Gasteiger partial charge on any atom is -0.380 e. The molecule has 1 aromatic carbocycles. The average Bonchev–Trinajstić information content (AvgIpc) is 3.32. The van der Waals surface area contributed by atoms with Gasteiger partial charge in [0.25, 0.3) is 5.91 Å². The van der Waals surface area contributed by atoms with Gasteiger partial charge in [-0.3, -0.25) is 4.79 Å². The largest absolute Gasteiger partial charge is 0.380 e. The predicted octanol–water partition coefficient (Wildman–Crippen LogP) is 5.03. The summed E-state index contributed by atoms with van der Waals surface area (Å²) in [6, 6.07) is 9.80. The van der Waals surface area contributed by atoms with E-state index < -0.39 is 0 Å². The Balaban J connectivity index is 1.34. The van der Waals surface area contributed by atoms with Crippen LogP contribution in [0, 0.1) is 11.2 Å². The third kappa shape index (κ3) is 4.00. The molecule has 34 heavy (non-hydrogen) atoms. The van der Waals surface area contributed by atoms with E-state index in [0.717, 1.165) is 44.1 Å². The van der Waals surface area contributed by atoms with Crippen molar-refractivity contribution < 1.29 is 9.18 Å². The minimum absolute atomic E-state index is 0.145. The first-order valence-electron chi connectivity index (χ1n) is 11.8. The summed E-state index contributed by atoms with van der Waals surface area (Å²) in [7, 11) is 0. The van der Waals surface area contributed by atoms with Gasteiger partial charge in [0.1, 0.15) is 11.5 Å². The summed E-state index contributed by atoms with van der Waals surface area (Å²) in [4.78, 5) is 18.1. The highest BCUT2D eigenvalue weighted by molar-refractivity contribution is 5.94. The van der Waals surface area contributed by atoms with E-state index in [1.807, 2.05) is 0 Å². The first-order chi connectivity index (χ1) is 16.3. The van der Waals surface area contributed by atoms with Crippen LogP contribution in [-0.2, 0) is 6.54 Å². The van der Waals surface area contributed by atoms with Crippen LogP contribution in [0.1, 0.15) is 67.2 Å². The Bertz CT molecular complexity index is 1250. The van der Waals surface area contributed by atoms with Crippen LogP contribution in [0.25, 0.3) is 11.3 Å². The fraction of sp³-hybridized carbons (Fsp3) is 0.370. The molecule has 3 aliphatic rings. The predicted molar refractivity (Wildman–Crippen MR) is 130 cm³/mol. The molecule has 2 bridgehead atoms. The monoisotopic (exact) mass is 459 g/mol. The molecule has 0 spiro atoms. The molecule has 2 N–H and O–H groups in total. The molecule has 0 radical (unpaired) electrons. The number of rotatable bonds is 7. The molecular weight excluding hydrogens is 429 g/mol. The Labute approximate surface area is 199 Å². The molecule has 0 unspecified atom stereocenters. The van der Waals surface area contributed by atoms with E-state index in [1.54, 1.807) is 35.0 Å². The number of aromatic nitrogens is 3. The van der Waals surface area contributed by atoms with E-state index in [0.29, 0.717) is 29.3 Å². The molecule has 2 aromatic heterocycles. The lowest BCUT2D eigenvalue weighted by Gasteiger charge is -2.54. The molecule has 0 aliphatic heterocycles. The fourth-order valence-corrected chi connectivity index (χ4v) is 5.45. The zero-order valence-electron chi connectivity index (χ0n) is 19.5. The van der Waals surface area contributed by atoms with Crippen molar-refractivity contribution in [3.8, 4) is 0 Å². The average molecular weight is 460 g/mol. The van der Waals surface area contributed by atoms with Gasteiger partial charge in [-0.15, -0.1) is 0 Å². The molecule has 2 heterocycles. The lowest BCUT2D eigenvalue weighted by Crippen LogP contribution is -2.57. The number of hydrogen-bond donors (Lipinski definition) is 2. The van der Waals surface area contributed by atoms with Crippen molar-refractivity contribution in [2.75, 3.05) is 0 Å². The molecule has 7 heteroatoms. The van der Waals surface area contributed by atoms with Crippen molar-refractivity contribution in [1.82, 2.24) is 25.2 Å².